The minimum Gasteiger partial charge on any atom is -0.309 e. The summed E-state index contributed by atoms with van der Waals surface area (Å²) in [6.07, 6.45) is 0. The van der Waals surface area contributed by atoms with Crippen LogP contribution >= 0.6 is 0 Å². The fraction of sp³-hybridized carbons (Fsp3) is 0. The summed E-state index contributed by atoms with van der Waals surface area (Å²) in [5.74, 6) is 1.87. The van der Waals surface area contributed by atoms with Crippen LogP contribution in [0.5, 0.6) is 0 Å². The average molecular weight is 753 g/mol. The molecule has 0 saturated carbocycles. The van der Waals surface area contributed by atoms with Gasteiger partial charge in [0.1, 0.15) is 0 Å². The van der Waals surface area contributed by atoms with Gasteiger partial charge in [-0.1, -0.05) is 194 Å². The Morgan fingerprint density at radius 2 is 0.661 bits per heavy atom. The van der Waals surface area contributed by atoms with E-state index >= 15 is 0 Å². The van der Waals surface area contributed by atoms with Crippen LogP contribution in [0.4, 0.5) is 0 Å². The monoisotopic (exact) mass is 752 g/mol. The Morgan fingerprint density at radius 1 is 0.254 bits per heavy atom. The summed E-state index contributed by atoms with van der Waals surface area (Å²) in [6.45, 7) is 0. The lowest BCUT2D eigenvalue weighted by molar-refractivity contribution is 1.07. The van der Waals surface area contributed by atoms with Crippen LogP contribution in [-0.2, 0) is 0 Å². The number of fused-ring (bicyclic) bond motifs is 4. The van der Waals surface area contributed by atoms with Crippen LogP contribution in [-0.4, -0.2) is 19.5 Å². The van der Waals surface area contributed by atoms with E-state index < -0.39 is 0 Å². The smallest absolute Gasteiger partial charge is 0.164 e. The molecule has 0 saturated heterocycles. The lowest BCUT2D eigenvalue weighted by atomic mass is 9.99. The molecule has 0 aliphatic heterocycles. The molecular weight excluding hydrogens is 717 g/mol. The first-order valence-electron chi connectivity index (χ1n) is 19.9. The fourth-order valence-corrected chi connectivity index (χ4v) is 8.21. The molecule has 11 aromatic rings. The van der Waals surface area contributed by atoms with Gasteiger partial charge >= 0.3 is 0 Å². The van der Waals surface area contributed by atoms with E-state index in [1.54, 1.807) is 0 Å². The molecule has 0 aliphatic rings. The summed E-state index contributed by atoms with van der Waals surface area (Å²) in [6, 6.07) is 77.0. The molecule has 0 radical (unpaired) electrons. The van der Waals surface area contributed by atoms with Crippen molar-refractivity contribution in [1.82, 2.24) is 19.5 Å². The van der Waals surface area contributed by atoms with E-state index in [9.17, 15) is 0 Å². The third-order valence-electron chi connectivity index (χ3n) is 11.3. The van der Waals surface area contributed by atoms with E-state index in [1.807, 2.05) is 12.1 Å². The molecule has 2 aromatic heterocycles. The van der Waals surface area contributed by atoms with Crippen LogP contribution in [0, 0.1) is 0 Å². The highest BCUT2D eigenvalue weighted by Gasteiger charge is 2.17. The molecule has 0 atom stereocenters. The van der Waals surface area contributed by atoms with Gasteiger partial charge in [0.2, 0.25) is 0 Å². The minimum atomic E-state index is 0.620. The van der Waals surface area contributed by atoms with E-state index in [1.165, 1.54) is 38.2 Å². The Bertz CT molecular complexity index is 3280. The number of hydrogen-bond acceptors (Lipinski definition) is 3. The molecule has 4 heteroatoms. The van der Waals surface area contributed by atoms with Gasteiger partial charge in [0.05, 0.1) is 11.0 Å². The maximum absolute atomic E-state index is 5.18. The van der Waals surface area contributed by atoms with E-state index in [0.29, 0.717) is 17.5 Å². The molecule has 0 spiro atoms. The summed E-state index contributed by atoms with van der Waals surface area (Å²) in [5.41, 5.74) is 13.1. The normalized spacial score (nSPS) is 11.4. The van der Waals surface area contributed by atoms with Gasteiger partial charge in [-0.2, -0.15) is 0 Å². The predicted octanol–water partition coefficient (Wildman–Crippen LogP) is 14.1. The van der Waals surface area contributed by atoms with Crippen molar-refractivity contribution >= 4 is 32.6 Å². The average Bonchev–Trinajstić information content (AvgIpc) is 3.65. The molecule has 0 bridgehead atoms. The van der Waals surface area contributed by atoms with Crippen molar-refractivity contribution in [2.75, 3.05) is 0 Å². The molecular formula is C55H36N4. The Balaban J connectivity index is 1.03. The van der Waals surface area contributed by atoms with Crippen LogP contribution in [0.2, 0.25) is 0 Å². The van der Waals surface area contributed by atoms with Crippen LogP contribution in [0.15, 0.2) is 218 Å². The third kappa shape index (κ3) is 6.43. The van der Waals surface area contributed by atoms with Crippen LogP contribution < -0.4 is 0 Å². The highest BCUT2D eigenvalue weighted by Crippen LogP contribution is 2.36. The van der Waals surface area contributed by atoms with Crippen molar-refractivity contribution in [2.24, 2.45) is 0 Å². The van der Waals surface area contributed by atoms with Gasteiger partial charge in [0.15, 0.2) is 17.5 Å². The topological polar surface area (TPSA) is 43.6 Å². The van der Waals surface area contributed by atoms with Gasteiger partial charge in [0, 0.05) is 33.2 Å². The van der Waals surface area contributed by atoms with Gasteiger partial charge in [-0.15, -0.1) is 0 Å². The second kappa shape index (κ2) is 14.5. The lowest BCUT2D eigenvalue weighted by Gasteiger charge is -2.12. The first kappa shape index (κ1) is 34.3. The Labute approximate surface area is 342 Å². The SMILES string of the molecule is c1ccc(-c2ccc(-c3ccc(-c4nc(-c5ccc(-c6ccccc6)cc5)nc(-c5ccc6c7ccccc7n(-c7ccc8ccccc8c7)c6c5)n4)cc3)cc2)cc1. The van der Waals surface area contributed by atoms with E-state index in [4.69, 9.17) is 15.0 Å². The lowest BCUT2D eigenvalue weighted by Crippen LogP contribution is -2.00. The molecule has 0 N–H and O–H groups in total. The molecule has 0 unspecified atom stereocenters. The van der Waals surface area contributed by atoms with Crippen molar-refractivity contribution in [2.45, 2.75) is 0 Å². The molecule has 0 amide bonds. The number of aromatic nitrogens is 4. The summed E-state index contributed by atoms with van der Waals surface area (Å²) in [7, 11) is 0. The Kier molecular flexibility index (Phi) is 8.45. The maximum Gasteiger partial charge on any atom is 0.164 e. The van der Waals surface area contributed by atoms with Gasteiger partial charge < -0.3 is 4.57 Å². The summed E-state index contributed by atoms with van der Waals surface area (Å²) >= 11 is 0. The molecule has 0 fully saturated rings. The van der Waals surface area contributed by atoms with Crippen LogP contribution in [0.1, 0.15) is 0 Å². The summed E-state index contributed by atoms with van der Waals surface area (Å²) in [4.78, 5) is 15.5. The van der Waals surface area contributed by atoms with E-state index in [2.05, 4.69) is 211 Å². The number of hydrogen-bond donors (Lipinski definition) is 0. The second-order valence-electron chi connectivity index (χ2n) is 14.9. The Morgan fingerprint density at radius 3 is 1.22 bits per heavy atom. The van der Waals surface area contributed by atoms with Crippen molar-refractivity contribution in [3.05, 3.63) is 218 Å². The number of nitrogens with zero attached hydrogens (tertiary/aromatic N) is 4. The number of para-hydroxylation sites is 1. The first-order chi connectivity index (χ1) is 29.2. The molecule has 59 heavy (non-hydrogen) atoms. The van der Waals surface area contributed by atoms with Crippen LogP contribution in [0.3, 0.4) is 0 Å². The third-order valence-corrected chi connectivity index (χ3v) is 11.3. The number of benzene rings is 9. The molecule has 9 aromatic carbocycles. The fourth-order valence-electron chi connectivity index (χ4n) is 8.21. The minimum absolute atomic E-state index is 0.620. The van der Waals surface area contributed by atoms with Gasteiger partial charge in [-0.3, -0.25) is 0 Å². The zero-order chi connectivity index (χ0) is 39.1. The maximum atomic E-state index is 5.18. The van der Waals surface area contributed by atoms with E-state index in [-0.39, 0.29) is 0 Å². The predicted molar refractivity (Wildman–Crippen MR) is 244 cm³/mol. The van der Waals surface area contributed by atoms with Crippen molar-refractivity contribution < 1.29 is 0 Å². The molecule has 2 heterocycles. The molecule has 4 nitrogen and oxygen atoms in total. The van der Waals surface area contributed by atoms with Crippen molar-refractivity contribution in [1.29, 1.82) is 0 Å². The number of rotatable bonds is 7. The van der Waals surface area contributed by atoms with Gasteiger partial charge in [-0.05, 0) is 68.4 Å². The van der Waals surface area contributed by atoms with Crippen molar-refractivity contribution in [3.63, 3.8) is 0 Å². The zero-order valence-corrected chi connectivity index (χ0v) is 32.1. The van der Waals surface area contributed by atoms with Crippen LogP contribution in [0.25, 0.3) is 106 Å². The highest BCUT2D eigenvalue weighted by atomic mass is 15.0. The van der Waals surface area contributed by atoms with Gasteiger partial charge in [0.25, 0.3) is 0 Å². The quantitative estimate of drug-likeness (QED) is 0.163. The standard InChI is InChI=1S/C55H36N4/c1-3-11-37(12-4-1)40-19-21-42(22-20-40)43-25-29-45(30-26-43)54-56-53(44-27-23-41(24-28-44)38-13-5-2-6-14-38)57-55(58-54)47-32-34-50-49-17-9-10-18-51(49)59(52(50)36-47)48-33-31-39-15-7-8-16-46(39)35-48/h1-36H. The Hall–Kier alpha value is -7.95. The summed E-state index contributed by atoms with van der Waals surface area (Å²) < 4.78 is 2.36. The van der Waals surface area contributed by atoms with Gasteiger partial charge in [-0.25, -0.2) is 15.0 Å². The van der Waals surface area contributed by atoms with E-state index in [0.717, 1.165) is 50.1 Å². The first-order valence-corrected chi connectivity index (χ1v) is 19.9. The van der Waals surface area contributed by atoms with Crippen molar-refractivity contribution in [3.8, 4) is 73.2 Å². The summed E-state index contributed by atoms with van der Waals surface area (Å²) in [5, 5.41) is 4.80. The molecule has 276 valence electrons. The molecule has 0 aliphatic carbocycles. The second-order valence-corrected chi connectivity index (χ2v) is 14.9. The zero-order valence-electron chi connectivity index (χ0n) is 32.1. The highest BCUT2D eigenvalue weighted by molar-refractivity contribution is 6.10. The molecule has 11 rings (SSSR count). The largest absolute Gasteiger partial charge is 0.309 e.